The van der Waals surface area contributed by atoms with E-state index in [1.165, 1.54) is 12.1 Å². The molecule has 2 nitrogen and oxygen atoms in total. The quantitative estimate of drug-likeness (QED) is 0.667. The summed E-state index contributed by atoms with van der Waals surface area (Å²) in [4.78, 5) is 0. The first-order chi connectivity index (χ1) is 9.01. The van der Waals surface area contributed by atoms with Crippen molar-refractivity contribution in [3.63, 3.8) is 0 Å². The molecule has 2 aromatic rings. The van der Waals surface area contributed by atoms with Gasteiger partial charge >= 0.3 is 0 Å². The molecule has 0 bridgehead atoms. The van der Waals surface area contributed by atoms with E-state index in [4.69, 9.17) is 5.84 Å². The van der Waals surface area contributed by atoms with Crippen molar-refractivity contribution in [2.45, 2.75) is 19.9 Å². The summed E-state index contributed by atoms with van der Waals surface area (Å²) in [5, 5.41) is 0. The highest BCUT2D eigenvalue weighted by Gasteiger charge is 2.14. The first-order valence-corrected chi connectivity index (χ1v) is 6.80. The van der Waals surface area contributed by atoms with E-state index in [0.29, 0.717) is 0 Å². The van der Waals surface area contributed by atoms with Crippen molar-refractivity contribution in [2.24, 2.45) is 5.84 Å². The first kappa shape index (κ1) is 14.2. The summed E-state index contributed by atoms with van der Waals surface area (Å²) < 4.78 is 14.5. The Kier molecular flexibility index (Phi) is 4.34. The Labute approximate surface area is 120 Å². The highest BCUT2D eigenvalue weighted by molar-refractivity contribution is 9.10. The number of nitrogens with one attached hydrogen (secondary N) is 1. The average Bonchev–Trinajstić information content (AvgIpc) is 2.33. The van der Waals surface area contributed by atoms with E-state index in [-0.39, 0.29) is 11.9 Å². The van der Waals surface area contributed by atoms with Crippen LogP contribution in [-0.2, 0) is 0 Å². The summed E-state index contributed by atoms with van der Waals surface area (Å²) in [6.07, 6.45) is 0. The van der Waals surface area contributed by atoms with Crippen LogP contribution in [0.25, 0.3) is 0 Å². The van der Waals surface area contributed by atoms with Crippen molar-refractivity contribution in [3.8, 4) is 0 Å². The van der Waals surface area contributed by atoms with Gasteiger partial charge in [-0.1, -0.05) is 34.1 Å². The topological polar surface area (TPSA) is 38.0 Å². The lowest BCUT2D eigenvalue weighted by atomic mass is 9.97. The van der Waals surface area contributed by atoms with Crippen molar-refractivity contribution in [1.29, 1.82) is 0 Å². The van der Waals surface area contributed by atoms with Crippen LogP contribution in [0, 0.1) is 19.7 Å². The average molecular weight is 323 g/mol. The molecule has 0 aliphatic carbocycles. The maximum atomic E-state index is 13.5. The molecule has 0 heterocycles. The molecule has 0 saturated carbocycles. The maximum absolute atomic E-state index is 13.5. The van der Waals surface area contributed by atoms with Gasteiger partial charge in [0.1, 0.15) is 5.82 Å². The van der Waals surface area contributed by atoms with Gasteiger partial charge < -0.3 is 0 Å². The van der Waals surface area contributed by atoms with Gasteiger partial charge in [-0.25, -0.2) is 9.82 Å². The van der Waals surface area contributed by atoms with E-state index < -0.39 is 0 Å². The third-order valence-electron chi connectivity index (χ3n) is 3.09. The van der Waals surface area contributed by atoms with Crippen molar-refractivity contribution in [1.82, 2.24) is 5.43 Å². The predicted molar refractivity (Wildman–Crippen MR) is 79.2 cm³/mol. The molecular weight excluding hydrogens is 307 g/mol. The molecule has 0 saturated heterocycles. The molecule has 100 valence electrons. The summed E-state index contributed by atoms with van der Waals surface area (Å²) in [6, 6.07) is 10.7. The molecule has 0 aromatic heterocycles. The molecule has 1 atom stereocenters. The monoisotopic (exact) mass is 322 g/mol. The summed E-state index contributed by atoms with van der Waals surface area (Å²) in [5.74, 6) is 5.39. The summed E-state index contributed by atoms with van der Waals surface area (Å²) in [7, 11) is 0. The Morgan fingerprint density at radius 2 is 1.84 bits per heavy atom. The molecule has 1 unspecified atom stereocenters. The van der Waals surface area contributed by atoms with E-state index in [1.807, 2.05) is 38.1 Å². The Morgan fingerprint density at radius 1 is 1.11 bits per heavy atom. The number of benzene rings is 2. The maximum Gasteiger partial charge on any atom is 0.123 e. The van der Waals surface area contributed by atoms with Crippen molar-refractivity contribution >= 4 is 15.9 Å². The Morgan fingerprint density at radius 3 is 2.42 bits per heavy atom. The standard InChI is InChI=1S/C15H16BrFN2/c1-9-5-12(7-13(17)6-9)15(19-18)11-4-3-10(2)14(16)8-11/h3-8,15,19H,18H2,1-2H3. The molecule has 0 spiro atoms. The number of hydrogen-bond acceptors (Lipinski definition) is 2. The van der Waals surface area contributed by atoms with E-state index in [0.717, 1.165) is 26.7 Å². The molecule has 19 heavy (non-hydrogen) atoms. The van der Waals surface area contributed by atoms with Gasteiger partial charge in [0.05, 0.1) is 6.04 Å². The zero-order valence-electron chi connectivity index (χ0n) is 10.9. The molecular formula is C15H16BrFN2. The minimum Gasteiger partial charge on any atom is -0.271 e. The number of rotatable bonds is 3. The van der Waals surface area contributed by atoms with Crippen LogP contribution in [0.2, 0.25) is 0 Å². The fourth-order valence-electron chi connectivity index (χ4n) is 2.10. The third kappa shape index (κ3) is 3.21. The highest BCUT2D eigenvalue weighted by atomic mass is 79.9. The van der Waals surface area contributed by atoms with Crippen LogP contribution in [0.15, 0.2) is 40.9 Å². The van der Waals surface area contributed by atoms with Crippen LogP contribution >= 0.6 is 15.9 Å². The van der Waals surface area contributed by atoms with Gasteiger partial charge in [-0.3, -0.25) is 5.84 Å². The number of hydrogen-bond donors (Lipinski definition) is 2. The van der Waals surface area contributed by atoms with Crippen LogP contribution in [0.3, 0.4) is 0 Å². The Balaban J connectivity index is 2.46. The molecule has 0 fully saturated rings. The molecule has 3 N–H and O–H groups in total. The summed E-state index contributed by atoms with van der Waals surface area (Å²) in [6.45, 7) is 3.89. The summed E-state index contributed by atoms with van der Waals surface area (Å²) >= 11 is 3.50. The SMILES string of the molecule is Cc1cc(F)cc(C(NN)c2ccc(C)c(Br)c2)c1. The molecule has 0 radical (unpaired) electrons. The minimum absolute atomic E-state index is 0.230. The Hall–Kier alpha value is -1.23. The van der Waals surface area contributed by atoms with Gasteiger partial charge in [0.2, 0.25) is 0 Å². The van der Waals surface area contributed by atoms with Crippen LogP contribution in [0.5, 0.6) is 0 Å². The van der Waals surface area contributed by atoms with Gasteiger partial charge in [0.25, 0.3) is 0 Å². The van der Waals surface area contributed by atoms with Crippen molar-refractivity contribution in [3.05, 3.63) is 68.9 Å². The summed E-state index contributed by atoms with van der Waals surface area (Å²) in [5.41, 5.74) is 6.58. The number of halogens is 2. The van der Waals surface area contributed by atoms with Gasteiger partial charge in [-0.2, -0.15) is 0 Å². The first-order valence-electron chi connectivity index (χ1n) is 6.00. The van der Waals surface area contributed by atoms with Crippen molar-refractivity contribution in [2.75, 3.05) is 0 Å². The smallest absolute Gasteiger partial charge is 0.123 e. The van der Waals surface area contributed by atoms with Gasteiger partial charge in [-0.15, -0.1) is 0 Å². The predicted octanol–water partition coefficient (Wildman–Crippen LogP) is 3.76. The number of aryl methyl sites for hydroxylation is 2. The van der Waals surface area contributed by atoms with Gasteiger partial charge in [0.15, 0.2) is 0 Å². The van der Waals surface area contributed by atoms with E-state index in [2.05, 4.69) is 21.4 Å². The van der Waals surface area contributed by atoms with Crippen LogP contribution in [0.1, 0.15) is 28.3 Å². The third-order valence-corrected chi connectivity index (χ3v) is 3.95. The molecule has 2 rings (SSSR count). The number of hydrazine groups is 1. The van der Waals surface area contributed by atoms with Crippen molar-refractivity contribution < 1.29 is 4.39 Å². The largest absolute Gasteiger partial charge is 0.271 e. The van der Waals surface area contributed by atoms with Crippen LogP contribution < -0.4 is 11.3 Å². The zero-order chi connectivity index (χ0) is 14.0. The molecule has 2 aromatic carbocycles. The van der Waals surface area contributed by atoms with Gasteiger partial charge in [0, 0.05) is 4.47 Å². The Bertz CT molecular complexity index is 578. The van der Waals surface area contributed by atoms with E-state index in [9.17, 15) is 4.39 Å². The molecule has 0 amide bonds. The van der Waals surface area contributed by atoms with Crippen LogP contribution in [-0.4, -0.2) is 0 Å². The van der Waals surface area contributed by atoms with Crippen LogP contribution in [0.4, 0.5) is 4.39 Å². The fraction of sp³-hybridized carbons (Fsp3) is 0.200. The molecule has 0 aliphatic rings. The zero-order valence-corrected chi connectivity index (χ0v) is 12.5. The second-order valence-electron chi connectivity index (χ2n) is 4.67. The lowest BCUT2D eigenvalue weighted by molar-refractivity contribution is 0.603. The van der Waals surface area contributed by atoms with E-state index >= 15 is 0 Å². The normalized spacial score (nSPS) is 12.5. The van der Waals surface area contributed by atoms with E-state index in [1.54, 1.807) is 0 Å². The lowest BCUT2D eigenvalue weighted by Crippen LogP contribution is -2.29. The minimum atomic E-state index is -0.249. The lowest BCUT2D eigenvalue weighted by Gasteiger charge is -2.18. The highest BCUT2D eigenvalue weighted by Crippen LogP contribution is 2.27. The molecule has 4 heteroatoms. The fourth-order valence-corrected chi connectivity index (χ4v) is 2.50. The second-order valence-corrected chi connectivity index (χ2v) is 5.52. The van der Waals surface area contributed by atoms with Gasteiger partial charge in [-0.05, 0) is 54.3 Å². The molecule has 0 aliphatic heterocycles. The number of nitrogens with two attached hydrogens (primary N) is 1. The second kappa shape index (κ2) is 5.82.